The molecule has 22 heavy (non-hydrogen) atoms. The van der Waals surface area contributed by atoms with Gasteiger partial charge in [-0.3, -0.25) is 0 Å². The lowest BCUT2D eigenvalue weighted by molar-refractivity contribution is 0.0247. The fourth-order valence-corrected chi connectivity index (χ4v) is 3.46. The average molecular weight is 304 g/mol. The van der Waals surface area contributed by atoms with Crippen LogP contribution < -0.4 is 10.6 Å². The molecule has 0 aliphatic carbocycles. The third-order valence-electron chi connectivity index (χ3n) is 4.62. The lowest BCUT2D eigenvalue weighted by atomic mass is 9.81. The Morgan fingerprint density at radius 2 is 1.77 bits per heavy atom. The van der Waals surface area contributed by atoms with Gasteiger partial charge in [-0.2, -0.15) is 0 Å². The highest BCUT2D eigenvalue weighted by molar-refractivity contribution is 5.80. The molecule has 118 valence electrons. The maximum absolute atomic E-state index is 12.3. The minimum atomic E-state index is -0.375. The summed E-state index contributed by atoms with van der Waals surface area (Å²) in [5.74, 6) is 0.126. The average Bonchev–Trinajstić information content (AvgIpc) is 2.47. The van der Waals surface area contributed by atoms with Gasteiger partial charge in [0, 0.05) is 26.1 Å². The number of phenols is 1. The van der Waals surface area contributed by atoms with Gasteiger partial charge in [0.25, 0.3) is 0 Å². The standard InChI is InChI=1S/C15H20N4O3/c1-8-11-12(9-5-4-6-10(20)7-9)18(2)15(22)17-13(11)19(3)14(21)16-8/h4-8,11-13,20H,1-3H3,(H,16,21)(H,17,22)/t8-,11-,12+,13+/m1/s1. The van der Waals surface area contributed by atoms with Crippen molar-refractivity contribution in [3.05, 3.63) is 29.8 Å². The van der Waals surface area contributed by atoms with Gasteiger partial charge in [-0.15, -0.1) is 0 Å². The van der Waals surface area contributed by atoms with Crippen molar-refractivity contribution in [1.82, 2.24) is 20.4 Å². The number of urea groups is 2. The number of carbonyl (C=O) groups excluding carboxylic acids is 2. The molecule has 4 atom stereocenters. The maximum Gasteiger partial charge on any atom is 0.319 e. The molecule has 0 spiro atoms. The number of rotatable bonds is 1. The molecule has 0 saturated carbocycles. The Morgan fingerprint density at radius 1 is 1.09 bits per heavy atom. The van der Waals surface area contributed by atoms with Crippen LogP contribution in [0.25, 0.3) is 0 Å². The zero-order valence-electron chi connectivity index (χ0n) is 12.8. The van der Waals surface area contributed by atoms with Crippen molar-refractivity contribution in [1.29, 1.82) is 0 Å². The summed E-state index contributed by atoms with van der Waals surface area (Å²) in [6, 6.07) is 6.14. The van der Waals surface area contributed by atoms with Crippen LogP contribution >= 0.6 is 0 Å². The summed E-state index contributed by atoms with van der Waals surface area (Å²) in [7, 11) is 3.40. The minimum Gasteiger partial charge on any atom is -0.508 e. The van der Waals surface area contributed by atoms with Gasteiger partial charge in [0.05, 0.1) is 6.04 Å². The molecule has 2 heterocycles. The van der Waals surface area contributed by atoms with E-state index in [1.807, 2.05) is 13.0 Å². The molecule has 2 fully saturated rings. The third-order valence-corrected chi connectivity index (χ3v) is 4.62. The van der Waals surface area contributed by atoms with Gasteiger partial charge in [0.1, 0.15) is 11.9 Å². The number of hydrogen-bond acceptors (Lipinski definition) is 3. The van der Waals surface area contributed by atoms with E-state index in [0.29, 0.717) is 0 Å². The fourth-order valence-electron chi connectivity index (χ4n) is 3.46. The van der Waals surface area contributed by atoms with Gasteiger partial charge in [-0.1, -0.05) is 12.1 Å². The molecule has 2 saturated heterocycles. The van der Waals surface area contributed by atoms with E-state index < -0.39 is 0 Å². The maximum atomic E-state index is 12.3. The van der Waals surface area contributed by atoms with Gasteiger partial charge in [-0.25, -0.2) is 9.59 Å². The van der Waals surface area contributed by atoms with E-state index in [1.54, 1.807) is 37.2 Å². The number of phenolic OH excluding ortho intramolecular Hbond substituents is 1. The van der Waals surface area contributed by atoms with E-state index in [-0.39, 0.29) is 42.0 Å². The van der Waals surface area contributed by atoms with Crippen LogP contribution in [0.2, 0.25) is 0 Å². The van der Waals surface area contributed by atoms with Gasteiger partial charge in [0.15, 0.2) is 0 Å². The monoisotopic (exact) mass is 304 g/mol. The fraction of sp³-hybridized carbons (Fsp3) is 0.467. The second-order valence-electron chi connectivity index (χ2n) is 5.97. The van der Waals surface area contributed by atoms with Crippen LogP contribution in [0.3, 0.4) is 0 Å². The van der Waals surface area contributed by atoms with Crippen LogP contribution in [0.4, 0.5) is 9.59 Å². The molecule has 0 aromatic heterocycles. The molecule has 2 aliphatic heterocycles. The highest BCUT2D eigenvalue weighted by Gasteiger charge is 2.49. The molecule has 1 aromatic carbocycles. The molecular weight excluding hydrogens is 284 g/mol. The van der Waals surface area contributed by atoms with Crippen molar-refractivity contribution < 1.29 is 14.7 Å². The first kappa shape index (κ1) is 14.5. The topological polar surface area (TPSA) is 84.9 Å². The van der Waals surface area contributed by atoms with Gasteiger partial charge in [-0.05, 0) is 24.6 Å². The lowest BCUT2D eigenvalue weighted by Gasteiger charge is -2.52. The molecular formula is C15H20N4O3. The Balaban J connectivity index is 2.05. The molecule has 0 bridgehead atoms. The Hall–Kier alpha value is -2.44. The number of nitrogens with zero attached hydrogens (tertiary/aromatic N) is 2. The molecule has 7 nitrogen and oxygen atoms in total. The zero-order chi connectivity index (χ0) is 16.0. The summed E-state index contributed by atoms with van der Waals surface area (Å²) in [4.78, 5) is 27.4. The number of benzene rings is 1. The van der Waals surface area contributed by atoms with E-state index in [2.05, 4.69) is 10.6 Å². The lowest BCUT2D eigenvalue weighted by Crippen LogP contribution is -2.71. The van der Waals surface area contributed by atoms with Crippen molar-refractivity contribution in [3.63, 3.8) is 0 Å². The van der Waals surface area contributed by atoms with E-state index in [9.17, 15) is 14.7 Å². The summed E-state index contributed by atoms with van der Waals surface area (Å²) < 4.78 is 0. The summed E-state index contributed by atoms with van der Waals surface area (Å²) in [5, 5.41) is 15.6. The van der Waals surface area contributed by atoms with Crippen molar-refractivity contribution in [2.45, 2.75) is 25.2 Å². The van der Waals surface area contributed by atoms with Crippen molar-refractivity contribution in [2.75, 3.05) is 14.1 Å². The molecule has 0 radical (unpaired) electrons. The van der Waals surface area contributed by atoms with Crippen LogP contribution in [-0.2, 0) is 0 Å². The van der Waals surface area contributed by atoms with Crippen LogP contribution in [0.1, 0.15) is 18.5 Å². The van der Waals surface area contributed by atoms with E-state index >= 15 is 0 Å². The Bertz CT molecular complexity index is 621. The normalized spacial score (nSPS) is 31.4. The molecule has 3 rings (SSSR count). The van der Waals surface area contributed by atoms with Gasteiger partial charge in [0.2, 0.25) is 0 Å². The summed E-state index contributed by atoms with van der Waals surface area (Å²) in [6.45, 7) is 1.93. The quantitative estimate of drug-likeness (QED) is 0.725. The molecule has 2 aliphatic rings. The molecule has 7 heteroatoms. The van der Waals surface area contributed by atoms with E-state index in [1.165, 1.54) is 4.90 Å². The highest BCUT2D eigenvalue weighted by Crippen LogP contribution is 2.38. The molecule has 1 aromatic rings. The number of hydrogen-bond donors (Lipinski definition) is 3. The Morgan fingerprint density at radius 3 is 2.45 bits per heavy atom. The minimum absolute atomic E-state index is 0.0350. The van der Waals surface area contributed by atoms with Crippen LogP contribution in [-0.4, -0.2) is 53.3 Å². The largest absolute Gasteiger partial charge is 0.508 e. The van der Waals surface area contributed by atoms with Crippen LogP contribution in [0, 0.1) is 5.92 Å². The van der Waals surface area contributed by atoms with E-state index in [0.717, 1.165) is 5.56 Å². The SMILES string of the molecule is C[C@H]1NC(=O)N(C)[C@@H]2NC(=O)N(C)[C@@H](c3cccc(O)c3)[C@H]21. The highest BCUT2D eigenvalue weighted by atomic mass is 16.3. The Kier molecular flexibility index (Phi) is 3.35. The van der Waals surface area contributed by atoms with Gasteiger partial charge >= 0.3 is 12.1 Å². The zero-order valence-corrected chi connectivity index (χ0v) is 12.8. The second kappa shape index (κ2) is 5.08. The molecule has 3 N–H and O–H groups in total. The first-order valence-electron chi connectivity index (χ1n) is 7.25. The summed E-state index contributed by atoms with van der Waals surface area (Å²) in [6.07, 6.45) is -0.375. The number of amides is 4. The van der Waals surface area contributed by atoms with Crippen molar-refractivity contribution >= 4 is 12.1 Å². The van der Waals surface area contributed by atoms with Gasteiger partial charge < -0.3 is 25.5 Å². The predicted octanol–water partition coefficient (Wildman–Crippen LogP) is 1.07. The third kappa shape index (κ3) is 2.13. The Labute approximate surface area is 128 Å². The van der Waals surface area contributed by atoms with Crippen molar-refractivity contribution in [3.8, 4) is 5.75 Å². The summed E-state index contributed by atoms with van der Waals surface area (Å²) >= 11 is 0. The van der Waals surface area contributed by atoms with Crippen LogP contribution in [0.5, 0.6) is 5.75 Å². The smallest absolute Gasteiger partial charge is 0.319 e. The number of nitrogens with one attached hydrogen (secondary N) is 2. The van der Waals surface area contributed by atoms with Crippen LogP contribution in [0.15, 0.2) is 24.3 Å². The van der Waals surface area contributed by atoms with Crippen molar-refractivity contribution in [2.24, 2.45) is 5.92 Å². The molecule has 0 unspecified atom stereocenters. The summed E-state index contributed by atoms with van der Waals surface area (Å²) in [5.41, 5.74) is 0.851. The molecule has 4 amide bonds. The predicted molar refractivity (Wildman–Crippen MR) is 80.2 cm³/mol. The number of carbonyl (C=O) groups is 2. The number of aromatic hydroxyl groups is 1. The first-order valence-corrected chi connectivity index (χ1v) is 7.25. The number of fused-ring (bicyclic) bond motifs is 1. The second-order valence-corrected chi connectivity index (χ2v) is 5.97. The van der Waals surface area contributed by atoms with E-state index in [4.69, 9.17) is 0 Å². The first-order chi connectivity index (χ1) is 10.4.